The molecule has 18 heavy (non-hydrogen) atoms. The first-order valence-electron chi connectivity index (χ1n) is 6.95. The normalized spacial score (nSPS) is 20.8. The van der Waals surface area contributed by atoms with Crippen molar-refractivity contribution in [3.05, 3.63) is 29.3 Å². The Labute approximate surface area is 111 Å². The average Bonchev–Trinajstić information content (AvgIpc) is 2.32. The Morgan fingerprint density at radius 2 is 2.06 bits per heavy atom. The summed E-state index contributed by atoms with van der Waals surface area (Å²) in [6.45, 7) is 11.0. The maximum Gasteiger partial charge on any atom is 0.122 e. The van der Waals surface area contributed by atoms with Gasteiger partial charge in [0.2, 0.25) is 0 Å². The SMILES string of the molecule is Cc1cc(C(C)(C)C)ccc1O[C@H]1CCCNC1. The monoisotopic (exact) mass is 247 g/mol. The highest BCUT2D eigenvalue weighted by Gasteiger charge is 2.17. The predicted molar refractivity (Wildman–Crippen MR) is 76.4 cm³/mol. The number of ether oxygens (including phenoxy) is 1. The Bertz CT molecular complexity index is 400. The summed E-state index contributed by atoms with van der Waals surface area (Å²) < 4.78 is 6.09. The van der Waals surface area contributed by atoms with Crippen LogP contribution in [0.15, 0.2) is 18.2 Å². The minimum Gasteiger partial charge on any atom is -0.489 e. The molecule has 0 spiro atoms. The molecule has 100 valence electrons. The van der Waals surface area contributed by atoms with Gasteiger partial charge in [0.25, 0.3) is 0 Å². The van der Waals surface area contributed by atoms with E-state index in [9.17, 15) is 0 Å². The van der Waals surface area contributed by atoms with Crippen LogP contribution in [0.4, 0.5) is 0 Å². The van der Waals surface area contributed by atoms with Gasteiger partial charge in [0, 0.05) is 6.54 Å². The van der Waals surface area contributed by atoms with E-state index in [0.717, 1.165) is 25.3 Å². The summed E-state index contributed by atoms with van der Waals surface area (Å²) in [4.78, 5) is 0. The van der Waals surface area contributed by atoms with Crippen LogP contribution in [-0.2, 0) is 5.41 Å². The Kier molecular flexibility index (Phi) is 3.96. The lowest BCUT2D eigenvalue weighted by Gasteiger charge is -2.26. The van der Waals surface area contributed by atoms with Crippen LogP contribution in [0.5, 0.6) is 5.75 Å². The van der Waals surface area contributed by atoms with E-state index in [1.165, 1.54) is 17.5 Å². The Balaban J connectivity index is 2.09. The van der Waals surface area contributed by atoms with Gasteiger partial charge in [0.15, 0.2) is 0 Å². The number of hydrogen-bond acceptors (Lipinski definition) is 2. The lowest BCUT2D eigenvalue weighted by atomic mass is 9.86. The van der Waals surface area contributed by atoms with Gasteiger partial charge in [0.05, 0.1) is 0 Å². The largest absolute Gasteiger partial charge is 0.489 e. The first kappa shape index (κ1) is 13.4. The third-order valence-electron chi connectivity index (χ3n) is 3.59. The highest BCUT2D eigenvalue weighted by atomic mass is 16.5. The van der Waals surface area contributed by atoms with Gasteiger partial charge in [-0.3, -0.25) is 0 Å². The van der Waals surface area contributed by atoms with E-state index >= 15 is 0 Å². The quantitative estimate of drug-likeness (QED) is 0.864. The number of rotatable bonds is 2. The molecule has 0 saturated carbocycles. The zero-order chi connectivity index (χ0) is 13.2. The minimum absolute atomic E-state index is 0.204. The summed E-state index contributed by atoms with van der Waals surface area (Å²) in [5.74, 6) is 1.04. The molecule has 1 aromatic carbocycles. The smallest absolute Gasteiger partial charge is 0.122 e. The van der Waals surface area contributed by atoms with Crippen LogP contribution in [0, 0.1) is 6.92 Å². The molecular formula is C16H25NO. The van der Waals surface area contributed by atoms with Gasteiger partial charge in [-0.2, -0.15) is 0 Å². The maximum absolute atomic E-state index is 6.09. The molecule has 0 aliphatic carbocycles. The van der Waals surface area contributed by atoms with Crippen molar-refractivity contribution in [1.29, 1.82) is 0 Å². The molecule has 2 heteroatoms. The fourth-order valence-corrected chi connectivity index (χ4v) is 2.35. The van der Waals surface area contributed by atoms with Gasteiger partial charge in [-0.1, -0.05) is 32.9 Å². The molecule has 2 nitrogen and oxygen atoms in total. The standard InChI is InChI=1S/C16H25NO/c1-12-10-13(16(2,3)4)7-8-15(12)18-14-6-5-9-17-11-14/h7-8,10,14,17H,5-6,9,11H2,1-4H3/t14-/m0/s1. The molecule has 1 saturated heterocycles. The summed E-state index contributed by atoms with van der Waals surface area (Å²) in [6, 6.07) is 6.58. The van der Waals surface area contributed by atoms with E-state index < -0.39 is 0 Å². The maximum atomic E-state index is 6.09. The predicted octanol–water partition coefficient (Wildman–Crippen LogP) is 3.42. The molecule has 2 rings (SSSR count). The van der Waals surface area contributed by atoms with E-state index in [0.29, 0.717) is 6.10 Å². The van der Waals surface area contributed by atoms with Gasteiger partial charge in [-0.05, 0) is 48.9 Å². The first-order chi connectivity index (χ1) is 8.47. The molecule has 0 amide bonds. The Hall–Kier alpha value is -1.02. The summed E-state index contributed by atoms with van der Waals surface area (Å²) in [6.07, 6.45) is 2.70. The Morgan fingerprint density at radius 3 is 2.61 bits per heavy atom. The van der Waals surface area contributed by atoms with Crippen LogP contribution in [0.3, 0.4) is 0 Å². The molecule has 0 aromatic heterocycles. The van der Waals surface area contributed by atoms with Crippen LogP contribution >= 0.6 is 0 Å². The van der Waals surface area contributed by atoms with Gasteiger partial charge < -0.3 is 10.1 Å². The second kappa shape index (κ2) is 5.31. The molecule has 0 radical (unpaired) electrons. The number of benzene rings is 1. The van der Waals surface area contributed by atoms with Gasteiger partial charge in [-0.15, -0.1) is 0 Å². The average molecular weight is 247 g/mol. The van der Waals surface area contributed by atoms with E-state index in [1.54, 1.807) is 0 Å². The number of nitrogens with one attached hydrogen (secondary N) is 1. The summed E-state index contributed by atoms with van der Waals surface area (Å²) in [7, 11) is 0. The third kappa shape index (κ3) is 3.26. The molecule has 1 aliphatic rings. The van der Waals surface area contributed by atoms with Gasteiger partial charge in [0.1, 0.15) is 11.9 Å². The molecule has 1 N–H and O–H groups in total. The van der Waals surface area contributed by atoms with Crippen LogP contribution in [-0.4, -0.2) is 19.2 Å². The van der Waals surface area contributed by atoms with Crippen molar-refractivity contribution < 1.29 is 4.74 Å². The van der Waals surface area contributed by atoms with Crippen molar-refractivity contribution in [1.82, 2.24) is 5.32 Å². The molecule has 0 bridgehead atoms. The van der Waals surface area contributed by atoms with E-state index in [4.69, 9.17) is 4.74 Å². The van der Waals surface area contributed by atoms with Crippen LogP contribution < -0.4 is 10.1 Å². The van der Waals surface area contributed by atoms with Crippen LogP contribution in [0.25, 0.3) is 0 Å². The van der Waals surface area contributed by atoms with Crippen LogP contribution in [0.2, 0.25) is 0 Å². The van der Waals surface area contributed by atoms with Crippen LogP contribution in [0.1, 0.15) is 44.7 Å². The molecule has 0 unspecified atom stereocenters. The van der Waals surface area contributed by atoms with Gasteiger partial charge in [-0.25, -0.2) is 0 Å². The lowest BCUT2D eigenvalue weighted by Crippen LogP contribution is -2.37. The third-order valence-corrected chi connectivity index (χ3v) is 3.59. The zero-order valence-electron chi connectivity index (χ0n) is 12.0. The fourth-order valence-electron chi connectivity index (χ4n) is 2.35. The second-order valence-corrected chi connectivity index (χ2v) is 6.32. The summed E-state index contributed by atoms with van der Waals surface area (Å²) in [5, 5.41) is 3.39. The lowest BCUT2D eigenvalue weighted by molar-refractivity contribution is 0.166. The number of aryl methyl sites for hydroxylation is 1. The van der Waals surface area contributed by atoms with E-state index in [2.05, 4.69) is 51.2 Å². The minimum atomic E-state index is 0.204. The molecule has 1 fully saturated rings. The molecule has 1 heterocycles. The van der Waals surface area contributed by atoms with Gasteiger partial charge >= 0.3 is 0 Å². The van der Waals surface area contributed by atoms with E-state index in [-0.39, 0.29) is 5.41 Å². The summed E-state index contributed by atoms with van der Waals surface area (Å²) >= 11 is 0. The van der Waals surface area contributed by atoms with Crippen molar-refractivity contribution in [2.45, 2.75) is 52.1 Å². The first-order valence-corrected chi connectivity index (χ1v) is 6.95. The molecular weight excluding hydrogens is 222 g/mol. The van der Waals surface area contributed by atoms with Crippen molar-refractivity contribution in [3.63, 3.8) is 0 Å². The summed E-state index contributed by atoms with van der Waals surface area (Å²) in [5.41, 5.74) is 2.82. The Morgan fingerprint density at radius 1 is 1.28 bits per heavy atom. The number of hydrogen-bond donors (Lipinski definition) is 1. The molecule has 1 aromatic rings. The fraction of sp³-hybridized carbons (Fsp3) is 0.625. The molecule has 1 aliphatic heterocycles. The van der Waals surface area contributed by atoms with Crippen molar-refractivity contribution in [3.8, 4) is 5.75 Å². The second-order valence-electron chi connectivity index (χ2n) is 6.32. The van der Waals surface area contributed by atoms with E-state index in [1.807, 2.05) is 0 Å². The highest BCUT2D eigenvalue weighted by Crippen LogP contribution is 2.28. The van der Waals surface area contributed by atoms with Crippen molar-refractivity contribution in [2.24, 2.45) is 0 Å². The zero-order valence-corrected chi connectivity index (χ0v) is 12.0. The van der Waals surface area contributed by atoms with Crippen molar-refractivity contribution >= 4 is 0 Å². The van der Waals surface area contributed by atoms with Crippen molar-refractivity contribution in [2.75, 3.05) is 13.1 Å². The highest BCUT2D eigenvalue weighted by molar-refractivity contribution is 5.38. The topological polar surface area (TPSA) is 21.3 Å². The molecule has 1 atom stereocenters. The number of piperidine rings is 1.